The van der Waals surface area contributed by atoms with E-state index in [1.165, 1.54) is 29.1 Å². The second-order valence-corrected chi connectivity index (χ2v) is 11.3. The van der Waals surface area contributed by atoms with Crippen molar-refractivity contribution in [2.45, 2.75) is 26.2 Å². The first-order valence-electron chi connectivity index (χ1n) is 14.0. The van der Waals surface area contributed by atoms with Crippen LogP contribution in [-0.4, -0.2) is 77.3 Å². The number of ether oxygens (including phenoxy) is 1. The summed E-state index contributed by atoms with van der Waals surface area (Å²) in [5, 5.41) is 11.3. The number of benzene rings is 1. The number of thiophene rings is 1. The molecular weight excluding hydrogens is 572 g/mol. The molecule has 0 spiro atoms. The van der Waals surface area contributed by atoms with Gasteiger partial charge in [-0.1, -0.05) is 17.3 Å². The molecule has 1 aliphatic heterocycles. The number of rotatable bonds is 8. The van der Waals surface area contributed by atoms with Crippen molar-refractivity contribution in [3.63, 3.8) is 0 Å². The maximum Gasteiger partial charge on any atom is 0.352 e. The molecule has 5 heterocycles. The molecule has 1 aromatic carbocycles. The van der Waals surface area contributed by atoms with Crippen molar-refractivity contribution >= 4 is 45.0 Å². The summed E-state index contributed by atoms with van der Waals surface area (Å²) in [6.45, 7) is 4.09. The van der Waals surface area contributed by atoms with Gasteiger partial charge in [0, 0.05) is 37.6 Å². The van der Waals surface area contributed by atoms with Crippen LogP contribution in [0.4, 0.5) is 5.95 Å². The van der Waals surface area contributed by atoms with Crippen molar-refractivity contribution in [2.24, 2.45) is 13.0 Å². The zero-order valence-electron chi connectivity index (χ0n) is 23.7. The Kier molecular flexibility index (Phi) is 7.71. The Morgan fingerprint density at radius 3 is 2.79 bits per heavy atom. The van der Waals surface area contributed by atoms with E-state index in [-0.39, 0.29) is 29.1 Å². The van der Waals surface area contributed by atoms with Crippen molar-refractivity contribution in [3.8, 4) is 17.0 Å². The standard InChI is InChI=1S/C28H30N10O4S/c1-3-30-24(39)20-14-19-21(32-27(29)33-25(19)43-20)17-5-4-6-18(13-17)42-12-9-16-7-10-37(11-8-16)26(40)22-23-34-35-36(2)28(41)38(23)15-31-22/h4-6,13-16H,3,7-12H2,1-2H3,(H,30,39)(H2,29,32,33). The van der Waals surface area contributed by atoms with Crippen LogP contribution in [-0.2, 0) is 7.05 Å². The molecule has 6 rings (SSSR count). The van der Waals surface area contributed by atoms with Gasteiger partial charge in [0.15, 0.2) is 11.3 Å². The molecule has 2 amide bonds. The van der Waals surface area contributed by atoms with Crippen LogP contribution in [0.5, 0.6) is 5.75 Å². The number of aryl methyl sites for hydroxylation is 1. The minimum Gasteiger partial charge on any atom is -0.494 e. The zero-order chi connectivity index (χ0) is 30.1. The maximum absolute atomic E-state index is 13.1. The molecule has 1 saturated heterocycles. The summed E-state index contributed by atoms with van der Waals surface area (Å²) in [5.41, 5.74) is 7.36. The van der Waals surface area contributed by atoms with Gasteiger partial charge in [0.1, 0.15) is 16.9 Å². The number of anilines is 1. The van der Waals surface area contributed by atoms with Crippen molar-refractivity contribution in [2.75, 3.05) is 32.0 Å². The predicted molar refractivity (Wildman–Crippen MR) is 160 cm³/mol. The van der Waals surface area contributed by atoms with Crippen molar-refractivity contribution in [3.05, 3.63) is 57.7 Å². The van der Waals surface area contributed by atoms with Crippen LogP contribution in [0.1, 0.15) is 46.3 Å². The molecule has 0 unspecified atom stereocenters. The average Bonchev–Trinajstić information content (AvgIpc) is 3.64. The summed E-state index contributed by atoms with van der Waals surface area (Å²) in [4.78, 5) is 53.6. The summed E-state index contributed by atoms with van der Waals surface area (Å²) in [6.07, 6.45) is 3.81. The van der Waals surface area contributed by atoms with Crippen LogP contribution in [0.2, 0.25) is 0 Å². The molecule has 0 bridgehead atoms. The SMILES string of the molecule is CCNC(=O)c1cc2c(-c3cccc(OCCC4CCN(C(=O)c5ncn6c(=O)n(C)nnc56)CC4)c3)nc(N)nc2s1. The van der Waals surface area contributed by atoms with Gasteiger partial charge in [-0.3, -0.25) is 9.59 Å². The first-order chi connectivity index (χ1) is 20.8. The van der Waals surface area contributed by atoms with Crippen LogP contribution < -0.4 is 21.5 Å². The van der Waals surface area contributed by atoms with E-state index >= 15 is 0 Å². The van der Waals surface area contributed by atoms with Crippen molar-refractivity contribution in [1.82, 2.24) is 44.6 Å². The molecule has 1 fully saturated rings. The lowest BCUT2D eigenvalue weighted by molar-refractivity contribution is 0.0676. The van der Waals surface area contributed by atoms with Crippen LogP contribution in [0.25, 0.3) is 27.1 Å². The fourth-order valence-electron chi connectivity index (χ4n) is 5.20. The van der Waals surface area contributed by atoms with E-state index in [0.717, 1.165) is 34.9 Å². The number of piperidine rings is 1. The van der Waals surface area contributed by atoms with E-state index in [0.29, 0.717) is 53.3 Å². The van der Waals surface area contributed by atoms with Gasteiger partial charge in [0.05, 0.1) is 17.2 Å². The molecule has 0 aliphatic carbocycles. The normalized spacial score (nSPS) is 14.0. The lowest BCUT2D eigenvalue weighted by Gasteiger charge is -2.31. The highest BCUT2D eigenvalue weighted by Gasteiger charge is 2.27. The van der Waals surface area contributed by atoms with Crippen LogP contribution in [0.15, 0.2) is 41.5 Å². The summed E-state index contributed by atoms with van der Waals surface area (Å²) < 4.78 is 8.43. The Hall–Kier alpha value is -4.92. The lowest BCUT2D eigenvalue weighted by atomic mass is 9.94. The predicted octanol–water partition coefficient (Wildman–Crippen LogP) is 2.15. The average molecular weight is 603 g/mol. The number of amides is 2. The molecule has 43 heavy (non-hydrogen) atoms. The summed E-state index contributed by atoms with van der Waals surface area (Å²) in [6, 6.07) is 9.43. The Labute approximate surface area is 249 Å². The number of fused-ring (bicyclic) bond motifs is 2. The Balaban J connectivity index is 1.07. The molecule has 1 aliphatic rings. The van der Waals surface area contributed by atoms with Gasteiger partial charge < -0.3 is 20.7 Å². The van der Waals surface area contributed by atoms with Crippen molar-refractivity contribution in [1.29, 1.82) is 0 Å². The third-order valence-corrected chi connectivity index (χ3v) is 8.50. The molecule has 15 heteroatoms. The minimum atomic E-state index is -0.410. The highest BCUT2D eigenvalue weighted by molar-refractivity contribution is 7.20. The highest BCUT2D eigenvalue weighted by atomic mass is 32.1. The number of aromatic nitrogens is 7. The molecular formula is C28H30N10O4S. The topological polar surface area (TPSA) is 176 Å². The number of nitrogens with two attached hydrogens (primary N) is 1. The van der Waals surface area contributed by atoms with Gasteiger partial charge in [0.25, 0.3) is 11.8 Å². The quantitative estimate of drug-likeness (QED) is 0.268. The van der Waals surface area contributed by atoms with E-state index in [9.17, 15) is 14.4 Å². The number of carbonyl (C=O) groups excluding carboxylic acids is 2. The Morgan fingerprint density at radius 2 is 2.00 bits per heavy atom. The fraction of sp³-hybridized carbons (Fsp3) is 0.357. The smallest absolute Gasteiger partial charge is 0.352 e. The van der Waals surface area contributed by atoms with Crippen molar-refractivity contribution < 1.29 is 14.3 Å². The number of nitrogens with zero attached hydrogens (tertiary/aromatic N) is 8. The molecule has 222 valence electrons. The molecule has 0 radical (unpaired) electrons. The van der Waals surface area contributed by atoms with Crippen LogP contribution in [0, 0.1) is 5.92 Å². The van der Waals surface area contributed by atoms with Gasteiger partial charge in [-0.25, -0.2) is 24.1 Å². The van der Waals surface area contributed by atoms with E-state index in [2.05, 4.69) is 30.6 Å². The number of imidazole rings is 1. The second kappa shape index (κ2) is 11.8. The molecule has 5 aromatic rings. The number of nitrogens with one attached hydrogen (secondary N) is 1. The van der Waals surface area contributed by atoms with E-state index in [1.54, 1.807) is 11.0 Å². The van der Waals surface area contributed by atoms with Gasteiger partial charge in [-0.2, -0.15) is 4.68 Å². The zero-order valence-corrected chi connectivity index (χ0v) is 24.5. The molecule has 0 atom stereocenters. The molecule has 0 saturated carbocycles. The summed E-state index contributed by atoms with van der Waals surface area (Å²) >= 11 is 1.28. The van der Waals surface area contributed by atoms with Crippen LogP contribution >= 0.6 is 11.3 Å². The third kappa shape index (κ3) is 5.62. The molecule has 4 aromatic heterocycles. The first kappa shape index (κ1) is 28.2. The Bertz CT molecular complexity index is 1890. The van der Waals surface area contributed by atoms with Gasteiger partial charge >= 0.3 is 5.69 Å². The van der Waals surface area contributed by atoms with Crippen LogP contribution in [0.3, 0.4) is 0 Å². The fourth-order valence-corrected chi connectivity index (χ4v) is 6.16. The highest BCUT2D eigenvalue weighted by Crippen LogP contribution is 2.34. The van der Waals surface area contributed by atoms with E-state index in [1.807, 2.05) is 31.2 Å². The first-order valence-corrected chi connectivity index (χ1v) is 14.8. The minimum absolute atomic E-state index is 0.137. The summed E-state index contributed by atoms with van der Waals surface area (Å²) in [5.74, 6) is 0.839. The number of nitrogen functional groups attached to an aromatic ring is 1. The molecule has 14 nitrogen and oxygen atoms in total. The Morgan fingerprint density at radius 1 is 1.19 bits per heavy atom. The van der Waals surface area contributed by atoms with E-state index in [4.69, 9.17) is 10.5 Å². The largest absolute Gasteiger partial charge is 0.494 e. The van der Waals surface area contributed by atoms with E-state index < -0.39 is 5.69 Å². The number of hydrogen-bond donors (Lipinski definition) is 2. The molecule has 3 N–H and O–H groups in total. The third-order valence-electron chi connectivity index (χ3n) is 7.48. The maximum atomic E-state index is 13.1. The number of hydrogen-bond acceptors (Lipinski definition) is 11. The number of carbonyl (C=O) groups is 2. The van der Waals surface area contributed by atoms with Gasteiger partial charge in [-0.05, 0) is 50.3 Å². The lowest BCUT2D eigenvalue weighted by Crippen LogP contribution is -2.39. The second-order valence-electron chi connectivity index (χ2n) is 10.3. The number of likely N-dealkylation sites (tertiary alicyclic amines) is 1. The monoisotopic (exact) mass is 602 g/mol. The van der Waals surface area contributed by atoms with Gasteiger partial charge in [0.2, 0.25) is 5.95 Å². The summed E-state index contributed by atoms with van der Waals surface area (Å²) in [7, 11) is 1.49. The van der Waals surface area contributed by atoms with Gasteiger partial charge in [-0.15, -0.1) is 16.4 Å².